The number of aryl methyl sites for hydroxylation is 1. The van der Waals surface area contributed by atoms with Crippen molar-refractivity contribution in [1.29, 1.82) is 0 Å². The molecule has 18 heavy (non-hydrogen) atoms. The number of fused-ring (bicyclic) bond motifs is 1. The van der Waals surface area contributed by atoms with Crippen molar-refractivity contribution in [2.75, 3.05) is 0 Å². The Morgan fingerprint density at radius 1 is 1.22 bits per heavy atom. The fourth-order valence-corrected chi connectivity index (χ4v) is 2.64. The molecule has 6 heteroatoms. The van der Waals surface area contributed by atoms with E-state index in [4.69, 9.17) is 0 Å². The van der Waals surface area contributed by atoms with E-state index in [2.05, 4.69) is 9.97 Å². The van der Waals surface area contributed by atoms with E-state index < -0.39 is 0 Å². The highest BCUT2D eigenvalue weighted by molar-refractivity contribution is 7.99. The summed E-state index contributed by atoms with van der Waals surface area (Å²) in [6.45, 7) is 0. The quantitative estimate of drug-likeness (QED) is 0.399. The molecule has 0 fully saturated rings. The number of aromatic nitrogens is 4. The van der Waals surface area contributed by atoms with E-state index in [1.165, 1.54) is 24.4 Å². The smallest absolute Gasteiger partial charge is 0.273 e. The summed E-state index contributed by atoms with van der Waals surface area (Å²) in [5, 5.41) is 12.5. The van der Waals surface area contributed by atoms with Crippen LogP contribution < -0.4 is 4.73 Å². The predicted molar refractivity (Wildman–Crippen MR) is 68.0 cm³/mol. The maximum atomic E-state index is 11.8. The lowest BCUT2D eigenvalue weighted by Gasteiger charge is -2.02. The molecule has 0 saturated carbocycles. The lowest BCUT2D eigenvalue weighted by atomic mass is 10.4. The van der Waals surface area contributed by atoms with E-state index in [1.54, 1.807) is 11.6 Å². The molecule has 0 atom stereocenters. The van der Waals surface area contributed by atoms with Gasteiger partial charge in [0.1, 0.15) is 6.33 Å². The zero-order chi connectivity index (χ0) is 12.5. The van der Waals surface area contributed by atoms with Gasteiger partial charge in [-0.25, -0.2) is 14.3 Å². The zero-order valence-electron chi connectivity index (χ0n) is 9.65. The second-order valence-electron chi connectivity index (χ2n) is 3.82. The summed E-state index contributed by atoms with van der Waals surface area (Å²) >= 11 is 1.46. The zero-order valence-corrected chi connectivity index (χ0v) is 10.5. The van der Waals surface area contributed by atoms with Crippen LogP contribution >= 0.6 is 11.8 Å². The van der Waals surface area contributed by atoms with Crippen molar-refractivity contribution in [1.82, 2.24) is 14.5 Å². The average Bonchev–Trinajstić information content (AvgIpc) is 2.67. The molecule has 0 saturated heterocycles. The number of imidazole rings is 1. The van der Waals surface area contributed by atoms with Gasteiger partial charge in [-0.3, -0.25) is 0 Å². The molecule has 0 amide bonds. The SMILES string of the molecule is Cn1c[n+]([O-])c2c(Sc3ccccc3)ncnc21. The molecule has 0 spiro atoms. The normalized spacial score (nSPS) is 10.9. The van der Waals surface area contributed by atoms with Crippen molar-refractivity contribution in [2.45, 2.75) is 9.92 Å². The number of hydrogen-bond acceptors (Lipinski definition) is 4. The van der Waals surface area contributed by atoms with Crippen molar-refractivity contribution < 1.29 is 4.73 Å². The highest BCUT2D eigenvalue weighted by Gasteiger charge is 2.16. The van der Waals surface area contributed by atoms with Gasteiger partial charge in [-0.15, -0.1) is 0 Å². The van der Waals surface area contributed by atoms with Crippen LogP contribution in [0.2, 0.25) is 0 Å². The Morgan fingerprint density at radius 3 is 2.78 bits per heavy atom. The summed E-state index contributed by atoms with van der Waals surface area (Å²) in [5.74, 6) is 0. The first-order valence-corrected chi connectivity index (χ1v) is 6.19. The number of benzene rings is 1. The Bertz CT molecular complexity index is 696. The van der Waals surface area contributed by atoms with E-state index in [0.29, 0.717) is 16.2 Å². The third-order valence-electron chi connectivity index (χ3n) is 2.56. The maximum Gasteiger partial charge on any atom is 0.273 e. The Labute approximate surface area is 108 Å². The summed E-state index contributed by atoms with van der Waals surface area (Å²) in [6.07, 6.45) is 2.93. The standard InChI is InChI=1S/C12H10N4OS/c1-15-8-16(17)10-11(15)13-7-14-12(10)18-9-5-3-2-4-6-9/h2-8H,1H3. The second kappa shape index (κ2) is 4.30. The van der Waals surface area contributed by atoms with Gasteiger partial charge in [0.15, 0.2) is 5.03 Å². The molecular weight excluding hydrogens is 248 g/mol. The summed E-state index contributed by atoms with van der Waals surface area (Å²) in [6, 6.07) is 9.83. The van der Waals surface area contributed by atoms with Crippen LogP contribution in [0.1, 0.15) is 0 Å². The van der Waals surface area contributed by atoms with Crippen LogP contribution in [0.5, 0.6) is 0 Å². The van der Waals surface area contributed by atoms with Crippen LogP contribution in [0.4, 0.5) is 0 Å². The molecule has 0 bridgehead atoms. The lowest BCUT2D eigenvalue weighted by Crippen LogP contribution is -2.24. The number of rotatable bonds is 2. The Balaban J connectivity index is 2.12. The van der Waals surface area contributed by atoms with Gasteiger partial charge in [0.2, 0.25) is 11.8 Å². The third kappa shape index (κ3) is 1.80. The topological polar surface area (TPSA) is 57.6 Å². The molecule has 5 nitrogen and oxygen atoms in total. The van der Waals surface area contributed by atoms with Crippen LogP contribution in [0, 0.1) is 5.21 Å². The summed E-state index contributed by atoms with van der Waals surface area (Å²) < 4.78 is 2.50. The van der Waals surface area contributed by atoms with E-state index in [0.717, 1.165) is 9.63 Å². The highest BCUT2D eigenvalue weighted by Crippen LogP contribution is 2.28. The highest BCUT2D eigenvalue weighted by atomic mass is 32.2. The molecule has 0 radical (unpaired) electrons. The third-order valence-corrected chi connectivity index (χ3v) is 3.56. The molecule has 0 N–H and O–H groups in total. The summed E-state index contributed by atoms with van der Waals surface area (Å²) in [7, 11) is 1.79. The molecule has 90 valence electrons. The Kier molecular flexibility index (Phi) is 2.64. The molecule has 0 aliphatic carbocycles. The van der Waals surface area contributed by atoms with Gasteiger partial charge in [0.25, 0.3) is 5.65 Å². The molecule has 3 rings (SSSR count). The summed E-state index contributed by atoms with van der Waals surface area (Å²) in [4.78, 5) is 9.36. The fourth-order valence-electron chi connectivity index (χ4n) is 1.75. The minimum absolute atomic E-state index is 0.508. The van der Waals surface area contributed by atoms with Gasteiger partial charge >= 0.3 is 0 Å². The predicted octanol–water partition coefficient (Wildman–Crippen LogP) is 1.75. The van der Waals surface area contributed by atoms with Crippen molar-refractivity contribution in [3.63, 3.8) is 0 Å². The van der Waals surface area contributed by atoms with Crippen molar-refractivity contribution in [2.24, 2.45) is 7.05 Å². The van der Waals surface area contributed by atoms with Gasteiger partial charge < -0.3 is 5.21 Å². The van der Waals surface area contributed by atoms with Crippen LogP contribution in [0.3, 0.4) is 0 Å². The van der Waals surface area contributed by atoms with Crippen LogP contribution in [-0.4, -0.2) is 14.5 Å². The molecule has 2 aromatic heterocycles. The largest absolute Gasteiger partial charge is 0.710 e. The maximum absolute atomic E-state index is 11.8. The molecule has 3 aromatic rings. The Morgan fingerprint density at radius 2 is 2.00 bits per heavy atom. The lowest BCUT2D eigenvalue weighted by molar-refractivity contribution is -0.579. The van der Waals surface area contributed by atoms with Crippen molar-refractivity contribution in [3.05, 3.63) is 48.2 Å². The fraction of sp³-hybridized carbons (Fsp3) is 0.0833. The first-order chi connectivity index (χ1) is 8.75. The summed E-state index contributed by atoms with van der Waals surface area (Å²) in [5.41, 5.74) is 1.15. The van der Waals surface area contributed by atoms with Crippen LogP contribution in [0.15, 0.2) is 52.9 Å². The van der Waals surface area contributed by atoms with Gasteiger partial charge in [-0.2, -0.15) is 4.98 Å². The molecule has 0 aliphatic heterocycles. The first-order valence-electron chi connectivity index (χ1n) is 5.38. The molecular formula is C12H10N4OS. The second-order valence-corrected chi connectivity index (χ2v) is 4.88. The van der Waals surface area contributed by atoms with Crippen LogP contribution in [-0.2, 0) is 7.05 Å². The van der Waals surface area contributed by atoms with Crippen molar-refractivity contribution >= 4 is 22.9 Å². The molecule has 1 aromatic carbocycles. The van der Waals surface area contributed by atoms with Gasteiger partial charge in [-0.1, -0.05) is 30.0 Å². The molecule has 2 heterocycles. The minimum Gasteiger partial charge on any atom is -0.710 e. The van der Waals surface area contributed by atoms with Gasteiger partial charge in [0, 0.05) is 4.90 Å². The number of nitrogens with zero attached hydrogens (tertiary/aromatic N) is 4. The molecule has 0 aliphatic rings. The number of hydrogen-bond donors (Lipinski definition) is 0. The van der Waals surface area contributed by atoms with E-state index in [9.17, 15) is 5.21 Å². The first kappa shape index (κ1) is 11.0. The minimum atomic E-state index is 0.508. The van der Waals surface area contributed by atoms with Gasteiger partial charge in [-0.05, 0) is 12.1 Å². The van der Waals surface area contributed by atoms with Gasteiger partial charge in [0.05, 0.1) is 7.05 Å². The van der Waals surface area contributed by atoms with E-state index in [1.807, 2.05) is 30.3 Å². The van der Waals surface area contributed by atoms with E-state index in [-0.39, 0.29) is 0 Å². The average molecular weight is 258 g/mol. The van der Waals surface area contributed by atoms with Crippen LogP contribution in [0.25, 0.3) is 11.2 Å². The van der Waals surface area contributed by atoms with Crippen molar-refractivity contribution in [3.8, 4) is 0 Å². The monoisotopic (exact) mass is 258 g/mol. The Hall–Kier alpha value is -2.08. The molecule has 0 unspecified atom stereocenters. The van der Waals surface area contributed by atoms with E-state index >= 15 is 0 Å².